The summed E-state index contributed by atoms with van der Waals surface area (Å²) in [6.07, 6.45) is 0.701. The minimum atomic E-state index is -3.71. The maximum absolute atomic E-state index is 12.8. The molecule has 22 heavy (non-hydrogen) atoms. The van der Waals surface area contributed by atoms with Crippen LogP contribution in [0.1, 0.15) is 32.8 Å². The molecule has 1 aromatic rings. The molecule has 0 radical (unpaired) electrons. The Hall–Kier alpha value is -1.36. The molecule has 0 spiro atoms. The third-order valence-electron chi connectivity index (χ3n) is 5.98. The number of benzene rings is 1. The van der Waals surface area contributed by atoms with Gasteiger partial charge >= 0.3 is 0 Å². The van der Waals surface area contributed by atoms with Crippen LogP contribution in [0.5, 0.6) is 0 Å². The average molecular weight is 321 g/mol. The van der Waals surface area contributed by atoms with Crippen molar-refractivity contribution in [2.24, 2.45) is 23.2 Å². The number of Topliss-reactive ketones (excluding diaryl/α,β-unsaturated/α-hetero) is 1. The van der Waals surface area contributed by atoms with E-state index in [4.69, 9.17) is 0 Å². The normalized spacial score (nSPS) is 33.2. The van der Waals surface area contributed by atoms with E-state index in [-0.39, 0.29) is 29.0 Å². The Morgan fingerprint density at radius 2 is 1.86 bits per heavy atom. The van der Waals surface area contributed by atoms with Gasteiger partial charge in [-0.2, -0.15) is 0 Å². The number of hydrogen-bond acceptors (Lipinski definition) is 3. The van der Waals surface area contributed by atoms with E-state index in [9.17, 15) is 13.2 Å². The smallest absolute Gasteiger partial charge is 0.243 e. The Labute approximate surface area is 132 Å². The van der Waals surface area contributed by atoms with Gasteiger partial charge in [-0.25, -0.2) is 8.42 Å². The van der Waals surface area contributed by atoms with Crippen LogP contribution >= 0.6 is 0 Å². The van der Waals surface area contributed by atoms with E-state index < -0.39 is 15.3 Å². The monoisotopic (exact) mass is 321 g/mol. The van der Waals surface area contributed by atoms with Crippen LogP contribution in [0.15, 0.2) is 24.3 Å². The van der Waals surface area contributed by atoms with Crippen molar-refractivity contribution in [2.45, 2.75) is 39.4 Å². The number of para-hydroxylation sites is 1. The van der Waals surface area contributed by atoms with Gasteiger partial charge < -0.3 is 0 Å². The molecule has 0 amide bonds. The first-order valence-electron chi connectivity index (χ1n) is 7.77. The molecule has 2 saturated carbocycles. The van der Waals surface area contributed by atoms with Crippen LogP contribution in [-0.2, 0) is 14.8 Å². The number of aryl methyl sites for hydroxylation is 1. The number of anilines is 1. The van der Waals surface area contributed by atoms with Gasteiger partial charge in [0.2, 0.25) is 10.0 Å². The highest BCUT2D eigenvalue weighted by Gasteiger charge is 2.63. The molecule has 2 aliphatic carbocycles. The topological polar surface area (TPSA) is 63.2 Å². The van der Waals surface area contributed by atoms with Crippen molar-refractivity contribution < 1.29 is 13.2 Å². The van der Waals surface area contributed by atoms with E-state index >= 15 is 0 Å². The lowest BCUT2D eigenvalue weighted by atomic mass is 9.69. The minimum absolute atomic E-state index is 0.0958. The maximum atomic E-state index is 12.8. The Bertz CT molecular complexity index is 723. The van der Waals surface area contributed by atoms with E-state index in [2.05, 4.69) is 25.5 Å². The molecule has 1 aromatic carbocycles. The van der Waals surface area contributed by atoms with Gasteiger partial charge in [-0.3, -0.25) is 9.52 Å². The maximum Gasteiger partial charge on any atom is 0.243 e. The molecule has 2 bridgehead atoms. The standard InChI is InChI=1S/C17H23NO3S/c1-10-7-5-6-8-14(10)18-22(20,21)16-13-9-12(15(16)19)11(2)17(13,3)4/h5-8,11-13,16,18H,9H2,1-4H3/t11-,12-,13+,16+/m0/s1. The van der Waals surface area contributed by atoms with Gasteiger partial charge in [0.15, 0.2) is 5.78 Å². The molecule has 0 aliphatic heterocycles. The highest BCUT2D eigenvalue weighted by atomic mass is 32.2. The SMILES string of the molecule is Cc1ccccc1NS(=O)(=O)[C@H]1C(=O)[C@H]2C[C@H]1C(C)(C)[C@H]2C. The molecule has 0 unspecified atom stereocenters. The van der Waals surface area contributed by atoms with Crippen LogP contribution in [0.4, 0.5) is 5.69 Å². The van der Waals surface area contributed by atoms with Gasteiger partial charge in [0.05, 0.1) is 5.69 Å². The molecule has 2 aliphatic rings. The fourth-order valence-corrected chi connectivity index (χ4v) is 6.23. The van der Waals surface area contributed by atoms with Crippen LogP contribution in [-0.4, -0.2) is 19.5 Å². The van der Waals surface area contributed by atoms with Crippen LogP contribution in [0, 0.1) is 30.1 Å². The summed E-state index contributed by atoms with van der Waals surface area (Å²) >= 11 is 0. The second kappa shape index (κ2) is 4.82. The third kappa shape index (κ3) is 2.09. The van der Waals surface area contributed by atoms with Gasteiger partial charge in [-0.05, 0) is 42.2 Å². The molecule has 0 saturated heterocycles. The molecule has 4 atom stereocenters. The van der Waals surface area contributed by atoms with Crippen molar-refractivity contribution in [3.8, 4) is 0 Å². The van der Waals surface area contributed by atoms with Crippen LogP contribution in [0.2, 0.25) is 0 Å². The lowest BCUT2D eigenvalue weighted by Gasteiger charge is -2.39. The molecule has 3 rings (SSSR count). The molecule has 0 heterocycles. The van der Waals surface area contributed by atoms with Crippen molar-refractivity contribution >= 4 is 21.5 Å². The summed E-state index contributed by atoms with van der Waals surface area (Å²) in [5.41, 5.74) is 1.29. The summed E-state index contributed by atoms with van der Waals surface area (Å²) in [5.74, 6) is -0.0622. The minimum Gasteiger partial charge on any atom is -0.298 e. The van der Waals surface area contributed by atoms with E-state index in [0.717, 1.165) is 5.56 Å². The van der Waals surface area contributed by atoms with Crippen molar-refractivity contribution in [3.63, 3.8) is 0 Å². The van der Waals surface area contributed by atoms with Gasteiger partial charge in [0, 0.05) is 5.92 Å². The first kappa shape index (κ1) is 15.5. The van der Waals surface area contributed by atoms with Gasteiger partial charge in [-0.15, -0.1) is 0 Å². The van der Waals surface area contributed by atoms with Crippen LogP contribution in [0.3, 0.4) is 0 Å². The molecule has 0 aromatic heterocycles. The lowest BCUT2D eigenvalue weighted by Crippen LogP contribution is -2.48. The first-order chi connectivity index (χ1) is 10.2. The quantitative estimate of drug-likeness (QED) is 0.931. The fourth-order valence-electron chi connectivity index (χ4n) is 4.20. The summed E-state index contributed by atoms with van der Waals surface area (Å²) in [6, 6.07) is 7.24. The van der Waals surface area contributed by atoms with Gasteiger partial charge in [0.1, 0.15) is 5.25 Å². The van der Waals surface area contributed by atoms with Crippen LogP contribution < -0.4 is 4.72 Å². The lowest BCUT2D eigenvalue weighted by molar-refractivity contribution is -0.125. The van der Waals surface area contributed by atoms with E-state index in [1.807, 2.05) is 19.1 Å². The van der Waals surface area contributed by atoms with Crippen molar-refractivity contribution in [3.05, 3.63) is 29.8 Å². The summed E-state index contributed by atoms with van der Waals surface area (Å²) < 4.78 is 28.3. The van der Waals surface area contributed by atoms with Crippen molar-refractivity contribution in [2.75, 3.05) is 4.72 Å². The second-order valence-electron chi connectivity index (χ2n) is 7.34. The largest absolute Gasteiger partial charge is 0.298 e. The molecule has 120 valence electrons. The fraction of sp³-hybridized carbons (Fsp3) is 0.588. The van der Waals surface area contributed by atoms with E-state index in [1.54, 1.807) is 12.1 Å². The van der Waals surface area contributed by atoms with E-state index in [0.29, 0.717) is 12.1 Å². The molecule has 4 nitrogen and oxygen atoms in total. The molecule has 2 fully saturated rings. The predicted octanol–water partition coefficient (Wildman–Crippen LogP) is 2.99. The zero-order chi connectivity index (χ0) is 16.3. The third-order valence-corrected chi connectivity index (χ3v) is 7.72. The number of carbonyl (C=O) groups excluding carboxylic acids is 1. The summed E-state index contributed by atoms with van der Waals surface area (Å²) in [6.45, 7) is 8.10. The Kier molecular flexibility index (Phi) is 3.40. The molecular weight excluding hydrogens is 298 g/mol. The number of sulfonamides is 1. The van der Waals surface area contributed by atoms with Crippen molar-refractivity contribution in [1.29, 1.82) is 0 Å². The summed E-state index contributed by atoms with van der Waals surface area (Å²) in [4.78, 5) is 12.6. The average Bonchev–Trinajstić information content (AvgIpc) is 2.88. The zero-order valence-corrected chi connectivity index (χ0v) is 14.3. The zero-order valence-electron chi connectivity index (χ0n) is 13.5. The number of rotatable bonds is 3. The number of carbonyl (C=O) groups is 1. The first-order valence-corrected chi connectivity index (χ1v) is 9.32. The number of nitrogens with one attached hydrogen (secondary N) is 1. The van der Waals surface area contributed by atoms with Gasteiger partial charge in [0.25, 0.3) is 0 Å². The second-order valence-corrected chi connectivity index (χ2v) is 9.15. The number of ketones is 1. The number of fused-ring (bicyclic) bond motifs is 2. The molecule has 5 heteroatoms. The molecule has 1 N–H and O–H groups in total. The highest BCUT2D eigenvalue weighted by molar-refractivity contribution is 7.94. The summed E-state index contributed by atoms with van der Waals surface area (Å²) in [5, 5.41) is -0.914. The number of hydrogen-bond donors (Lipinski definition) is 1. The summed E-state index contributed by atoms with van der Waals surface area (Å²) in [7, 11) is -3.71. The molecular formula is C17H23NO3S. The van der Waals surface area contributed by atoms with Crippen molar-refractivity contribution in [1.82, 2.24) is 0 Å². The Morgan fingerprint density at radius 1 is 1.23 bits per heavy atom. The predicted molar refractivity (Wildman–Crippen MR) is 87.1 cm³/mol. The van der Waals surface area contributed by atoms with Crippen LogP contribution in [0.25, 0.3) is 0 Å². The Morgan fingerprint density at radius 3 is 2.45 bits per heavy atom. The van der Waals surface area contributed by atoms with Gasteiger partial charge in [-0.1, -0.05) is 39.0 Å². The Balaban J connectivity index is 1.94. The highest BCUT2D eigenvalue weighted by Crippen LogP contribution is 2.59. The van der Waals surface area contributed by atoms with E-state index in [1.165, 1.54) is 0 Å².